The number of hydrogen-bond donors (Lipinski definition) is 0. The standard InChI is InChI=1S/C13H20N2O3/c1-5-18-13(16)9-15(10(2)3)11-6-7-14-12(8-11)17-4/h6-8,10H,5,9H2,1-4H3. The minimum atomic E-state index is -0.234. The van der Waals surface area contributed by atoms with Gasteiger partial charge in [0.05, 0.1) is 13.7 Å². The predicted octanol–water partition coefficient (Wildman–Crippen LogP) is 1.87. The van der Waals surface area contributed by atoms with E-state index in [2.05, 4.69) is 4.98 Å². The van der Waals surface area contributed by atoms with Crippen LogP contribution in [0.3, 0.4) is 0 Å². The number of nitrogens with zero attached hydrogens (tertiary/aromatic N) is 2. The number of rotatable bonds is 6. The van der Waals surface area contributed by atoms with E-state index in [1.54, 1.807) is 26.3 Å². The highest BCUT2D eigenvalue weighted by molar-refractivity contribution is 5.76. The first kappa shape index (κ1) is 14.3. The van der Waals surface area contributed by atoms with Gasteiger partial charge in [0, 0.05) is 24.0 Å². The number of esters is 1. The Labute approximate surface area is 108 Å². The van der Waals surface area contributed by atoms with Crippen molar-refractivity contribution in [2.45, 2.75) is 26.8 Å². The van der Waals surface area contributed by atoms with Gasteiger partial charge in [0.2, 0.25) is 5.88 Å². The van der Waals surface area contributed by atoms with Gasteiger partial charge in [0.25, 0.3) is 0 Å². The van der Waals surface area contributed by atoms with Crippen molar-refractivity contribution in [3.8, 4) is 5.88 Å². The van der Waals surface area contributed by atoms with Gasteiger partial charge in [0.15, 0.2) is 0 Å². The summed E-state index contributed by atoms with van der Waals surface area (Å²) in [7, 11) is 1.57. The average molecular weight is 252 g/mol. The van der Waals surface area contributed by atoms with Gasteiger partial charge in [-0.05, 0) is 26.8 Å². The molecule has 0 saturated heterocycles. The fourth-order valence-corrected chi connectivity index (χ4v) is 1.61. The van der Waals surface area contributed by atoms with Crippen LogP contribution in [0.4, 0.5) is 5.69 Å². The van der Waals surface area contributed by atoms with Gasteiger partial charge in [-0.3, -0.25) is 4.79 Å². The normalized spacial score (nSPS) is 10.3. The quantitative estimate of drug-likeness (QED) is 0.723. The van der Waals surface area contributed by atoms with Crippen LogP contribution in [-0.2, 0) is 9.53 Å². The third-order valence-electron chi connectivity index (χ3n) is 2.49. The van der Waals surface area contributed by atoms with Gasteiger partial charge in [-0.15, -0.1) is 0 Å². The average Bonchev–Trinajstić information content (AvgIpc) is 2.36. The molecular formula is C13H20N2O3. The SMILES string of the molecule is CCOC(=O)CN(c1ccnc(OC)c1)C(C)C. The van der Waals surface area contributed by atoms with Crippen molar-refractivity contribution in [1.29, 1.82) is 0 Å². The number of pyridine rings is 1. The van der Waals surface area contributed by atoms with Crippen molar-refractivity contribution < 1.29 is 14.3 Å². The monoisotopic (exact) mass is 252 g/mol. The zero-order valence-electron chi connectivity index (χ0n) is 11.3. The summed E-state index contributed by atoms with van der Waals surface area (Å²) in [4.78, 5) is 17.6. The number of ether oxygens (including phenoxy) is 2. The summed E-state index contributed by atoms with van der Waals surface area (Å²) in [6, 6.07) is 3.84. The van der Waals surface area contributed by atoms with E-state index in [0.717, 1.165) is 5.69 Å². The van der Waals surface area contributed by atoms with Crippen molar-refractivity contribution in [3.63, 3.8) is 0 Å². The van der Waals surface area contributed by atoms with Crippen LogP contribution in [0.1, 0.15) is 20.8 Å². The van der Waals surface area contributed by atoms with Gasteiger partial charge in [0.1, 0.15) is 6.54 Å². The molecule has 0 saturated carbocycles. The highest BCUT2D eigenvalue weighted by atomic mass is 16.5. The Morgan fingerprint density at radius 2 is 2.22 bits per heavy atom. The predicted molar refractivity (Wildman–Crippen MR) is 69.9 cm³/mol. The molecular weight excluding hydrogens is 232 g/mol. The molecule has 0 fully saturated rings. The lowest BCUT2D eigenvalue weighted by Crippen LogP contribution is -2.36. The zero-order chi connectivity index (χ0) is 13.5. The Balaban J connectivity index is 2.86. The maximum absolute atomic E-state index is 11.6. The summed E-state index contributed by atoms with van der Waals surface area (Å²) in [5.41, 5.74) is 0.893. The Kier molecular flexibility index (Phi) is 5.42. The van der Waals surface area contributed by atoms with Gasteiger partial charge in [-0.2, -0.15) is 0 Å². The Bertz CT molecular complexity index is 394. The van der Waals surface area contributed by atoms with E-state index in [0.29, 0.717) is 12.5 Å². The van der Waals surface area contributed by atoms with Gasteiger partial charge >= 0.3 is 5.97 Å². The molecule has 0 atom stereocenters. The van der Waals surface area contributed by atoms with Crippen molar-refractivity contribution in [2.75, 3.05) is 25.2 Å². The third kappa shape index (κ3) is 3.91. The molecule has 1 aromatic rings. The number of carbonyl (C=O) groups is 1. The molecule has 1 aromatic heterocycles. The maximum atomic E-state index is 11.6. The van der Waals surface area contributed by atoms with Gasteiger partial charge < -0.3 is 14.4 Å². The number of anilines is 1. The first-order chi connectivity index (χ1) is 8.58. The van der Waals surface area contributed by atoms with E-state index in [4.69, 9.17) is 9.47 Å². The lowest BCUT2D eigenvalue weighted by molar-refractivity contribution is -0.141. The third-order valence-corrected chi connectivity index (χ3v) is 2.49. The number of carbonyl (C=O) groups excluding carboxylic acids is 1. The summed E-state index contributed by atoms with van der Waals surface area (Å²) in [6.07, 6.45) is 1.66. The molecule has 5 heteroatoms. The molecule has 5 nitrogen and oxygen atoms in total. The molecule has 0 radical (unpaired) electrons. The number of hydrogen-bond acceptors (Lipinski definition) is 5. The molecule has 0 N–H and O–H groups in total. The molecule has 0 aliphatic rings. The summed E-state index contributed by atoms with van der Waals surface area (Å²) in [5.74, 6) is 0.295. The van der Waals surface area contributed by atoms with Crippen molar-refractivity contribution in [2.24, 2.45) is 0 Å². The van der Waals surface area contributed by atoms with Crippen molar-refractivity contribution in [3.05, 3.63) is 18.3 Å². The highest BCUT2D eigenvalue weighted by Crippen LogP contribution is 2.20. The molecule has 0 aliphatic heterocycles. The lowest BCUT2D eigenvalue weighted by Gasteiger charge is -2.27. The minimum Gasteiger partial charge on any atom is -0.481 e. The van der Waals surface area contributed by atoms with E-state index in [-0.39, 0.29) is 18.6 Å². The van der Waals surface area contributed by atoms with Crippen LogP contribution in [0.2, 0.25) is 0 Å². The van der Waals surface area contributed by atoms with Gasteiger partial charge in [-0.25, -0.2) is 4.98 Å². The Morgan fingerprint density at radius 3 is 2.78 bits per heavy atom. The topological polar surface area (TPSA) is 51.7 Å². The van der Waals surface area contributed by atoms with Crippen LogP contribution in [-0.4, -0.2) is 37.3 Å². The Morgan fingerprint density at radius 1 is 1.50 bits per heavy atom. The highest BCUT2D eigenvalue weighted by Gasteiger charge is 2.16. The molecule has 0 spiro atoms. The van der Waals surface area contributed by atoms with Crippen LogP contribution in [0.5, 0.6) is 5.88 Å². The number of aromatic nitrogens is 1. The van der Waals surface area contributed by atoms with Gasteiger partial charge in [-0.1, -0.05) is 0 Å². The minimum absolute atomic E-state index is 0.182. The second-order valence-electron chi connectivity index (χ2n) is 4.08. The molecule has 0 aliphatic carbocycles. The van der Waals surface area contributed by atoms with Crippen LogP contribution < -0.4 is 9.64 Å². The number of methoxy groups -OCH3 is 1. The molecule has 1 heterocycles. The lowest BCUT2D eigenvalue weighted by atomic mass is 10.2. The molecule has 0 aromatic carbocycles. The summed E-state index contributed by atoms with van der Waals surface area (Å²) in [5, 5.41) is 0. The second kappa shape index (κ2) is 6.83. The summed E-state index contributed by atoms with van der Waals surface area (Å²) >= 11 is 0. The van der Waals surface area contributed by atoms with E-state index in [9.17, 15) is 4.79 Å². The van der Waals surface area contributed by atoms with Crippen molar-refractivity contribution >= 4 is 11.7 Å². The molecule has 1 rings (SSSR count). The molecule has 0 amide bonds. The first-order valence-electron chi connectivity index (χ1n) is 6.00. The second-order valence-corrected chi connectivity index (χ2v) is 4.08. The smallest absolute Gasteiger partial charge is 0.325 e. The molecule has 0 unspecified atom stereocenters. The fraction of sp³-hybridized carbons (Fsp3) is 0.538. The van der Waals surface area contributed by atoms with Crippen molar-refractivity contribution in [1.82, 2.24) is 4.98 Å². The molecule has 0 bridgehead atoms. The molecule has 18 heavy (non-hydrogen) atoms. The van der Waals surface area contributed by atoms with E-state index >= 15 is 0 Å². The van der Waals surface area contributed by atoms with Crippen LogP contribution >= 0.6 is 0 Å². The zero-order valence-corrected chi connectivity index (χ0v) is 11.3. The van der Waals surface area contributed by atoms with Crippen LogP contribution in [0, 0.1) is 0 Å². The Hall–Kier alpha value is -1.78. The van der Waals surface area contributed by atoms with Crippen LogP contribution in [0.25, 0.3) is 0 Å². The van der Waals surface area contributed by atoms with Crippen LogP contribution in [0.15, 0.2) is 18.3 Å². The first-order valence-corrected chi connectivity index (χ1v) is 6.00. The fourth-order valence-electron chi connectivity index (χ4n) is 1.61. The largest absolute Gasteiger partial charge is 0.481 e. The van der Waals surface area contributed by atoms with E-state index in [1.165, 1.54) is 0 Å². The van der Waals surface area contributed by atoms with E-state index in [1.807, 2.05) is 24.8 Å². The summed E-state index contributed by atoms with van der Waals surface area (Å²) < 4.78 is 10.1. The van der Waals surface area contributed by atoms with E-state index < -0.39 is 0 Å². The maximum Gasteiger partial charge on any atom is 0.325 e. The summed E-state index contributed by atoms with van der Waals surface area (Å²) in [6.45, 7) is 6.45. The molecule has 100 valence electrons.